The van der Waals surface area contributed by atoms with Crippen LogP contribution in [-0.4, -0.2) is 19.1 Å². The monoisotopic (exact) mass is 299 g/mol. The van der Waals surface area contributed by atoms with Crippen molar-refractivity contribution in [2.45, 2.75) is 26.9 Å². The molecule has 0 heterocycles. The standard InChI is InChI=1S/C18H21NO3/c1-12-8-9-15(10-13(12)2)19-18(20)14(3)22-17-7-5-6-16(11-17)21-4/h5-11,14H,1-4H3,(H,19,20)/t14-/m1/s1. The van der Waals surface area contributed by atoms with Crippen molar-refractivity contribution in [3.63, 3.8) is 0 Å². The third-order valence-electron chi connectivity index (χ3n) is 3.50. The fourth-order valence-electron chi connectivity index (χ4n) is 2.00. The van der Waals surface area contributed by atoms with Gasteiger partial charge in [-0.3, -0.25) is 4.79 Å². The van der Waals surface area contributed by atoms with Crippen LogP contribution < -0.4 is 14.8 Å². The first-order chi connectivity index (χ1) is 10.5. The highest BCUT2D eigenvalue weighted by molar-refractivity contribution is 5.94. The van der Waals surface area contributed by atoms with Crippen LogP contribution in [0.5, 0.6) is 11.5 Å². The summed E-state index contributed by atoms with van der Waals surface area (Å²) in [4.78, 5) is 12.2. The van der Waals surface area contributed by atoms with Gasteiger partial charge in [0.1, 0.15) is 11.5 Å². The van der Waals surface area contributed by atoms with E-state index in [4.69, 9.17) is 9.47 Å². The average Bonchev–Trinajstić information content (AvgIpc) is 2.51. The van der Waals surface area contributed by atoms with Gasteiger partial charge < -0.3 is 14.8 Å². The number of hydrogen-bond acceptors (Lipinski definition) is 3. The van der Waals surface area contributed by atoms with Gasteiger partial charge in [-0.2, -0.15) is 0 Å². The number of rotatable bonds is 5. The van der Waals surface area contributed by atoms with E-state index in [0.29, 0.717) is 11.5 Å². The van der Waals surface area contributed by atoms with E-state index >= 15 is 0 Å². The molecule has 0 aliphatic carbocycles. The van der Waals surface area contributed by atoms with Crippen molar-refractivity contribution in [2.75, 3.05) is 12.4 Å². The number of benzene rings is 2. The largest absolute Gasteiger partial charge is 0.497 e. The van der Waals surface area contributed by atoms with Crippen LogP contribution in [0.25, 0.3) is 0 Å². The maximum Gasteiger partial charge on any atom is 0.265 e. The van der Waals surface area contributed by atoms with Gasteiger partial charge in [-0.25, -0.2) is 0 Å². The first kappa shape index (κ1) is 15.9. The molecule has 0 aliphatic rings. The predicted molar refractivity (Wildman–Crippen MR) is 87.6 cm³/mol. The first-order valence-corrected chi connectivity index (χ1v) is 7.18. The van der Waals surface area contributed by atoms with E-state index < -0.39 is 6.10 Å². The zero-order chi connectivity index (χ0) is 16.1. The molecule has 0 aromatic heterocycles. The number of anilines is 1. The summed E-state index contributed by atoms with van der Waals surface area (Å²) < 4.78 is 10.8. The van der Waals surface area contributed by atoms with Crippen LogP contribution in [0.3, 0.4) is 0 Å². The smallest absolute Gasteiger partial charge is 0.265 e. The molecule has 0 saturated heterocycles. The van der Waals surface area contributed by atoms with Gasteiger partial charge in [-0.1, -0.05) is 12.1 Å². The lowest BCUT2D eigenvalue weighted by Gasteiger charge is -2.15. The molecular weight excluding hydrogens is 278 g/mol. The zero-order valence-electron chi connectivity index (χ0n) is 13.3. The number of amides is 1. The lowest BCUT2D eigenvalue weighted by atomic mass is 10.1. The predicted octanol–water partition coefficient (Wildman–Crippen LogP) is 3.72. The molecule has 1 N–H and O–H groups in total. The second kappa shape index (κ2) is 6.98. The van der Waals surface area contributed by atoms with Gasteiger partial charge in [0.25, 0.3) is 5.91 Å². The molecule has 0 fully saturated rings. The molecule has 4 heteroatoms. The molecule has 0 saturated carbocycles. The van der Waals surface area contributed by atoms with Crippen LogP contribution in [0.4, 0.5) is 5.69 Å². The molecule has 0 bridgehead atoms. The van der Waals surface area contributed by atoms with E-state index in [-0.39, 0.29) is 5.91 Å². The van der Waals surface area contributed by atoms with Crippen LogP contribution in [0.1, 0.15) is 18.1 Å². The molecule has 2 aromatic rings. The van der Waals surface area contributed by atoms with Gasteiger partial charge in [0.15, 0.2) is 6.10 Å². The fourth-order valence-corrected chi connectivity index (χ4v) is 2.00. The topological polar surface area (TPSA) is 47.6 Å². The molecule has 0 spiro atoms. The van der Waals surface area contributed by atoms with E-state index in [1.807, 2.05) is 44.2 Å². The van der Waals surface area contributed by atoms with Crippen molar-refractivity contribution < 1.29 is 14.3 Å². The van der Waals surface area contributed by atoms with E-state index in [1.54, 1.807) is 26.2 Å². The second-order valence-electron chi connectivity index (χ2n) is 5.23. The Balaban J connectivity index is 2.00. The van der Waals surface area contributed by atoms with Crippen LogP contribution in [0.2, 0.25) is 0 Å². The highest BCUT2D eigenvalue weighted by Gasteiger charge is 2.15. The third kappa shape index (κ3) is 4.01. The lowest BCUT2D eigenvalue weighted by molar-refractivity contribution is -0.122. The molecular formula is C18H21NO3. The summed E-state index contributed by atoms with van der Waals surface area (Å²) in [6, 6.07) is 13.0. The summed E-state index contributed by atoms with van der Waals surface area (Å²) in [5.74, 6) is 1.10. The minimum absolute atomic E-state index is 0.189. The SMILES string of the molecule is COc1cccc(O[C@H](C)C(=O)Nc2ccc(C)c(C)c2)c1. The van der Waals surface area contributed by atoms with Gasteiger partial charge in [0, 0.05) is 11.8 Å². The quantitative estimate of drug-likeness (QED) is 0.915. The molecule has 0 unspecified atom stereocenters. The van der Waals surface area contributed by atoms with Crippen molar-refractivity contribution in [1.29, 1.82) is 0 Å². The number of methoxy groups -OCH3 is 1. The minimum atomic E-state index is -0.603. The molecule has 0 aliphatic heterocycles. The van der Waals surface area contributed by atoms with Crippen molar-refractivity contribution in [1.82, 2.24) is 0 Å². The zero-order valence-corrected chi connectivity index (χ0v) is 13.3. The molecule has 1 atom stereocenters. The van der Waals surface area contributed by atoms with Crippen LogP contribution >= 0.6 is 0 Å². The van der Waals surface area contributed by atoms with Crippen LogP contribution in [0.15, 0.2) is 42.5 Å². The number of hydrogen-bond donors (Lipinski definition) is 1. The van der Waals surface area contributed by atoms with Gasteiger partial charge in [-0.05, 0) is 56.2 Å². The second-order valence-corrected chi connectivity index (χ2v) is 5.23. The van der Waals surface area contributed by atoms with Crippen molar-refractivity contribution in [3.8, 4) is 11.5 Å². The maximum atomic E-state index is 12.2. The van der Waals surface area contributed by atoms with E-state index in [9.17, 15) is 4.79 Å². The Bertz CT molecular complexity index is 667. The van der Waals surface area contributed by atoms with E-state index in [0.717, 1.165) is 11.3 Å². The first-order valence-electron chi connectivity index (χ1n) is 7.18. The van der Waals surface area contributed by atoms with Crippen LogP contribution in [0, 0.1) is 13.8 Å². The van der Waals surface area contributed by atoms with Gasteiger partial charge in [-0.15, -0.1) is 0 Å². The third-order valence-corrected chi connectivity index (χ3v) is 3.50. The summed E-state index contributed by atoms with van der Waals surface area (Å²) in [6.07, 6.45) is -0.603. The summed E-state index contributed by atoms with van der Waals surface area (Å²) in [5.41, 5.74) is 3.10. The van der Waals surface area contributed by atoms with Gasteiger partial charge in [0.2, 0.25) is 0 Å². The lowest BCUT2D eigenvalue weighted by Crippen LogP contribution is -2.30. The number of nitrogens with one attached hydrogen (secondary N) is 1. The average molecular weight is 299 g/mol. The minimum Gasteiger partial charge on any atom is -0.497 e. The summed E-state index contributed by atoms with van der Waals surface area (Å²) in [5, 5.41) is 2.86. The molecule has 1 amide bonds. The normalized spacial score (nSPS) is 11.6. The Morgan fingerprint density at radius 3 is 2.45 bits per heavy atom. The van der Waals surface area contributed by atoms with E-state index in [1.165, 1.54) is 5.56 Å². The fraction of sp³-hybridized carbons (Fsp3) is 0.278. The molecule has 2 aromatic carbocycles. The van der Waals surface area contributed by atoms with Crippen molar-refractivity contribution in [3.05, 3.63) is 53.6 Å². The molecule has 22 heavy (non-hydrogen) atoms. The molecule has 2 rings (SSSR count). The summed E-state index contributed by atoms with van der Waals surface area (Å²) >= 11 is 0. The maximum absolute atomic E-state index is 12.2. The van der Waals surface area contributed by atoms with Gasteiger partial charge in [0.05, 0.1) is 7.11 Å². The van der Waals surface area contributed by atoms with Crippen molar-refractivity contribution >= 4 is 11.6 Å². The molecule has 116 valence electrons. The number of carbonyl (C=O) groups excluding carboxylic acids is 1. The van der Waals surface area contributed by atoms with Crippen LogP contribution in [-0.2, 0) is 4.79 Å². The highest BCUT2D eigenvalue weighted by atomic mass is 16.5. The number of aryl methyl sites for hydroxylation is 2. The van der Waals surface area contributed by atoms with E-state index in [2.05, 4.69) is 5.32 Å². The Kier molecular flexibility index (Phi) is 5.04. The summed E-state index contributed by atoms with van der Waals surface area (Å²) in [6.45, 7) is 5.77. The summed E-state index contributed by atoms with van der Waals surface area (Å²) in [7, 11) is 1.59. The Morgan fingerprint density at radius 1 is 1.05 bits per heavy atom. The Labute approximate surface area is 131 Å². The molecule has 4 nitrogen and oxygen atoms in total. The van der Waals surface area contributed by atoms with Crippen molar-refractivity contribution in [2.24, 2.45) is 0 Å². The van der Waals surface area contributed by atoms with Gasteiger partial charge >= 0.3 is 0 Å². The Morgan fingerprint density at radius 2 is 1.77 bits per heavy atom. The highest BCUT2D eigenvalue weighted by Crippen LogP contribution is 2.20. The number of ether oxygens (including phenoxy) is 2. The Hall–Kier alpha value is -2.49. The number of carbonyl (C=O) groups is 1. The molecule has 0 radical (unpaired) electrons.